The van der Waals surface area contributed by atoms with E-state index in [1.165, 1.54) is 6.07 Å². The maximum absolute atomic E-state index is 12.0. The number of nitrogens with zero attached hydrogens (tertiary/aromatic N) is 2. The molecule has 0 unspecified atom stereocenters. The van der Waals surface area contributed by atoms with E-state index in [0.29, 0.717) is 18.8 Å². The van der Waals surface area contributed by atoms with E-state index in [1.54, 1.807) is 0 Å². The minimum absolute atomic E-state index is 0.00356. The minimum atomic E-state index is -0.834. The number of carbonyl (C=O) groups excluding carboxylic acids is 1. The van der Waals surface area contributed by atoms with Crippen LogP contribution in [0.4, 0.5) is 0 Å². The fraction of sp³-hybridized carbons (Fsp3) is 0.615. The third-order valence-corrected chi connectivity index (χ3v) is 4.21. The molecular formula is C13H17Cl2N3O2. The molecule has 1 fully saturated rings. The first-order valence-corrected chi connectivity index (χ1v) is 7.34. The fourth-order valence-electron chi connectivity index (χ4n) is 2.33. The lowest BCUT2D eigenvalue weighted by Gasteiger charge is -2.34. The summed E-state index contributed by atoms with van der Waals surface area (Å²) in [4.78, 5) is 12.0. The maximum Gasteiger partial charge on any atom is 0.254 e. The molecule has 0 atom stereocenters. The monoisotopic (exact) mass is 317 g/mol. The maximum atomic E-state index is 12.0. The molecule has 1 aromatic rings. The van der Waals surface area contributed by atoms with Crippen molar-refractivity contribution in [3.63, 3.8) is 0 Å². The Bertz CT molecular complexity index is 502. The summed E-state index contributed by atoms with van der Waals surface area (Å²) >= 11 is 11.5. The molecule has 2 N–H and O–H groups in total. The zero-order valence-corrected chi connectivity index (χ0v) is 12.7. The molecule has 1 aliphatic carbocycles. The van der Waals surface area contributed by atoms with Crippen molar-refractivity contribution in [1.82, 2.24) is 15.5 Å². The molecule has 0 aliphatic heterocycles. The normalized spacial score (nSPS) is 26.3. The second kappa shape index (κ2) is 6.24. The number of amides is 1. The van der Waals surface area contributed by atoms with Gasteiger partial charge in [0.2, 0.25) is 0 Å². The molecular weight excluding hydrogens is 301 g/mol. The number of hydrogen-bond donors (Lipinski definition) is 2. The molecule has 0 saturated heterocycles. The quantitative estimate of drug-likeness (QED) is 0.898. The number of carbonyl (C=O) groups is 1. The summed E-state index contributed by atoms with van der Waals surface area (Å²) in [6.45, 7) is 2.37. The molecule has 0 bridgehead atoms. The third-order valence-electron chi connectivity index (χ3n) is 3.75. The van der Waals surface area contributed by atoms with Gasteiger partial charge in [-0.15, -0.1) is 10.2 Å². The number of aliphatic hydroxyl groups is 1. The summed E-state index contributed by atoms with van der Waals surface area (Å²) in [6, 6.07) is 1.36. The second-order valence-corrected chi connectivity index (χ2v) is 6.21. The van der Waals surface area contributed by atoms with Gasteiger partial charge in [0, 0.05) is 6.54 Å². The Morgan fingerprint density at radius 1 is 1.45 bits per heavy atom. The van der Waals surface area contributed by atoms with Crippen LogP contribution in [-0.4, -0.2) is 33.4 Å². The van der Waals surface area contributed by atoms with Gasteiger partial charge in [-0.25, -0.2) is 0 Å². The first kappa shape index (κ1) is 15.5. The average Bonchev–Trinajstić information content (AvgIpc) is 2.43. The van der Waals surface area contributed by atoms with Crippen LogP contribution < -0.4 is 5.32 Å². The lowest BCUT2D eigenvalue weighted by Crippen LogP contribution is -2.45. The summed E-state index contributed by atoms with van der Waals surface area (Å²) in [6.07, 6.45) is 3.32. The van der Waals surface area contributed by atoms with Gasteiger partial charge in [-0.05, 0) is 37.7 Å². The molecule has 20 heavy (non-hydrogen) atoms. The highest BCUT2D eigenvalue weighted by Gasteiger charge is 2.32. The Morgan fingerprint density at radius 2 is 2.10 bits per heavy atom. The Labute approximate surface area is 127 Å². The predicted octanol–water partition coefficient (Wildman–Crippen LogP) is 2.45. The van der Waals surface area contributed by atoms with Crippen LogP contribution in [0, 0.1) is 5.92 Å². The molecule has 1 saturated carbocycles. The van der Waals surface area contributed by atoms with Crippen LogP contribution in [0.1, 0.15) is 43.0 Å². The van der Waals surface area contributed by atoms with E-state index in [1.807, 2.05) is 0 Å². The van der Waals surface area contributed by atoms with Crippen molar-refractivity contribution >= 4 is 29.1 Å². The third kappa shape index (κ3) is 3.81. The van der Waals surface area contributed by atoms with E-state index >= 15 is 0 Å². The van der Waals surface area contributed by atoms with Crippen LogP contribution in [0.5, 0.6) is 0 Å². The van der Waals surface area contributed by atoms with Crippen molar-refractivity contribution in [2.45, 2.75) is 38.2 Å². The van der Waals surface area contributed by atoms with E-state index in [9.17, 15) is 9.90 Å². The standard InChI is InChI=1S/C13H17Cl2N3O2/c1-8-2-4-13(20,5-3-8)7-16-12(19)9-6-10(14)17-18-11(9)15/h6,8,20H,2-5,7H2,1H3,(H,16,19). The first-order valence-electron chi connectivity index (χ1n) is 6.59. The summed E-state index contributed by atoms with van der Waals surface area (Å²) in [5.74, 6) is 0.225. The van der Waals surface area contributed by atoms with Crippen LogP contribution in [-0.2, 0) is 0 Å². The number of aromatic nitrogens is 2. The van der Waals surface area contributed by atoms with E-state index in [-0.39, 0.29) is 22.4 Å². The van der Waals surface area contributed by atoms with Gasteiger partial charge in [-0.1, -0.05) is 30.1 Å². The average molecular weight is 318 g/mol. The molecule has 0 spiro atoms. The van der Waals surface area contributed by atoms with E-state index in [2.05, 4.69) is 22.4 Å². The Morgan fingerprint density at radius 3 is 2.75 bits per heavy atom. The number of hydrogen-bond acceptors (Lipinski definition) is 4. The smallest absolute Gasteiger partial charge is 0.254 e. The van der Waals surface area contributed by atoms with Gasteiger partial charge < -0.3 is 10.4 Å². The molecule has 1 heterocycles. The van der Waals surface area contributed by atoms with Crippen molar-refractivity contribution in [2.75, 3.05) is 6.54 Å². The predicted molar refractivity (Wildman–Crippen MR) is 77.0 cm³/mol. The summed E-state index contributed by atoms with van der Waals surface area (Å²) < 4.78 is 0. The van der Waals surface area contributed by atoms with Gasteiger partial charge in [0.15, 0.2) is 10.3 Å². The lowest BCUT2D eigenvalue weighted by atomic mass is 9.79. The Kier molecular flexibility index (Phi) is 4.83. The van der Waals surface area contributed by atoms with Crippen molar-refractivity contribution in [1.29, 1.82) is 0 Å². The zero-order chi connectivity index (χ0) is 14.8. The van der Waals surface area contributed by atoms with E-state index in [4.69, 9.17) is 23.2 Å². The molecule has 5 nitrogen and oxygen atoms in total. The van der Waals surface area contributed by atoms with E-state index in [0.717, 1.165) is 12.8 Å². The minimum Gasteiger partial charge on any atom is -0.388 e. The molecule has 0 radical (unpaired) electrons. The highest BCUT2D eigenvalue weighted by atomic mass is 35.5. The number of rotatable bonds is 3. The number of halogens is 2. The van der Waals surface area contributed by atoms with Gasteiger partial charge in [-0.3, -0.25) is 4.79 Å². The highest BCUT2D eigenvalue weighted by molar-refractivity contribution is 6.34. The molecule has 0 aromatic carbocycles. The molecule has 110 valence electrons. The summed E-state index contributed by atoms with van der Waals surface area (Å²) in [7, 11) is 0. The summed E-state index contributed by atoms with van der Waals surface area (Å²) in [5.41, 5.74) is -0.668. The van der Waals surface area contributed by atoms with Gasteiger partial charge in [0.1, 0.15) is 0 Å². The van der Waals surface area contributed by atoms with Gasteiger partial charge in [0.05, 0.1) is 11.2 Å². The highest BCUT2D eigenvalue weighted by Crippen LogP contribution is 2.31. The Balaban J connectivity index is 1.97. The zero-order valence-electron chi connectivity index (χ0n) is 11.2. The largest absolute Gasteiger partial charge is 0.388 e. The molecule has 1 amide bonds. The van der Waals surface area contributed by atoms with Crippen LogP contribution in [0.3, 0.4) is 0 Å². The van der Waals surface area contributed by atoms with Crippen molar-refractivity contribution in [3.05, 3.63) is 21.9 Å². The SMILES string of the molecule is CC1CCC(O)(CNC(=O)c2cc(Cl)nnc2Cl)CC1. The van der Waals surface area contributed by atoms with Crippen molar-refractivity contribution in [2.24, 2.45) is 5.92 Å². The molecule has 7 heteroatoms. The van der Waals surface area contributed by atoms with Crippen molar-refractivity contribution in [3.8, 4) is 0 Å². The molecule has 1 aromatic heterocycles. The van der Waals surface area contributed by atoms with Crippen molar-refractivity contribution < 1.29 is 9.90 Å². The van der Waals surface area contributed by atoms with E-state index < -0.39 is 11.5 Å². The Hall–Kier alpha value is -0.910. The van der Waals surface area contributed by atoms with Gasteiger partial charge >= 0.3 is 0 Å². The van der Waals surface area contributed by atoms with Gasteiger partial charge in [0.25, 0.3) is 5.91 Å². The van der Waals surface area contributed by atoms with Crippen LogP contribution in [0.15, 0.2) is 6.07 Å². The topological polar surface area (TPSA) is 75.1 Å². The summed E-state index contributed by atoms with van der Waals surface area (Å²) in [5, 5.41) is 20.3. The number of nitrogens with one attached hydrogen (secondary N) is 1. The van der Waals surface area contributed by atoms with Gasteiger partial charge in [-0.2, -0.15) is 0 Å². The second-order valence-electron chi connectivity index (χ2n) is 5.46. The first-order chi connectivity index (χ1) is 9.39. The lowest BCUT2D eigenvalue weighted by molar-refractivity contribution is -0.00540. The van der Waals surface area contributed by atoms with Crippen LogP contribution >= 0.6 is 23.2 Å². The fourth-order valence-corrected chi connectivity index (χ4v) is 2.65. The van der Waals surface area contributed by atoms with Crippen LogP contribution in [0.2, 0.25) is 10.3 Å². The molecule has 2 rings (SSSR count). The molecule has 1 aliphatic rings. The van der Waals surface area contributed by atoms with Crippen LogP contribution in [0.25, 0.3) is 0 Å².